The highest BCUT2D eigenvalue weighted by Gasteiger charge is 2.43. The second kappa shape index (κ2) is 4.94. The number of hydrogen-bond donors (Lipinski definition) is 0. The second-order valence-corrected chi connectivity index (χ2v) is 6.91. The molecule has 1 atom stereocenters. The molecule has 1 saturated heterocycles. The predicted octanol–water partition coefficient (Wildman–Crippen LogP) is 0.896. The Bertz CT molecular complexity index is 386. The minimum Gasteiger partial charge on any atom is -0.468 e. The van der Waals surface area contributed by atoms with Crippen LogP contribution in [-0.2, 0) is 19.6 Å². The molecule has 0 radical (unpaired) electrons. The standard InChI is InChI=1S/C11H19NO4S/c1-16-11(13)10-7-4-8-12(10)17(14,15)9-5-2-3-6-9/h9-10H,2-8H2,1H3. The zero-order valence-electron chi connectivity index (χ0n) is 10.1. The Balaban J connectivity index is 2.17. The van der Waals surface area contributed by atoms with E-state index in [4.69, 9.17) is 0 Å². The van der Waals surface area contributed by atoms with Gasteiger partial charge in [0.25, 0.3) is 0 Å². The minimum atomic E-state index is -3.31. The van der Waals surface area contributed by atoms with Crippen molar-refractivity contribution in [2.45, 2.75) is 49.8 Å². The lowest BCUT2D eigenvalue weighted by molar-refractivity contribution is -0.144. The fourth-order valence-electron chi connectivity index (χ4n) is 2.79. The maximum atomic E-state index is 12.4. The largest absolute Gasteiger partial charge is 0.468 e. The molecule has 0 amide bonds. The number of esters is 1. The highest BCUT2D eigenvalue weighted by atomic mass is 32.2. The number of rotatable bonds is 3. The molecule has 1 unspecified atom stereocenters. The van der Waals surface area contributed by atoms with E-state index >= 15 is 0 Å². The summed E-state index contributed by atoms with van der Waals surface area (Å²) in [6.07, 6.45) is 4.73. The van der Waals surface area contributed by atoms with E-state index in [1.54, 1.807) is 0 Å². The van der Waals surface area contributed by atoms with Crippen LogP contribution in [0.2, 0.25) is 0 Å². The number of methoxy groups -OCH3 is 1. The number of sulfonamides is 1. The van der Waals surface area contributed by atoms with Crippen LogP contribution in [0, 0.1) is 0 Å². The van der Waals surface area contributed by atoms with Crippen LogP contribution in [0.3, 0.4) is 0 Å². The van der Waals surface area contributed by atoms with Crippen LogP contribution in [0.1, 0.15) is 38.5 Å². The lowest BCUT2D eigenvalue weighted by atomic mass is 10.2. The van der Waals surface area contributed by atoms with E-state index in [0.717, 1.165) is 32.1 Å². The molecule has 0 spiro atoms. The average Bonchev–Trinajstić information content (AvgIpc) is 2.98. The fourth-order valence-corrected chi connectivity index (χ4v) is 5.04. The molecule has 1 heterocycles. The van der Waals surface area contributed by atoms with Gasteiger partial charge < -0.3 is 4.74 Å². The third-order valence-electron chi connectivity index (χ3n) is 3.73. The molecule has 1 saturated carbocycles. The van der Waals surface area contributed by atoms with Crippen molar-refractivity contribution in [3.05, 3.63) is 0 Å². The molecule has 17 heavy (non-hydrogen) atoms. The van der Waals surface area contributed by atoms with Gasteiger partial charge in [0.2, 0.25) is 10.0 Å². The molecular formula is C11H19NO4S. The van der Waals surface area contributed by atoms with Crippen molar-refractivity contribution in [1.29, 1.82) is 0 Å². The molecule has 1 aliphatic carbocycles. The number of ether oxygens (including phenoxy) is 1. The molecule has 1 aliphatic heterocycles. The molecule has 98 valence electrons. The highest BCUT2D eigenvalue weighted by molar-refractivity contribution is 7.89. The van der Waals surface area contributed by atoms with Crippen LogP contribution in [0.15, 0.2) is 0 Å². The van der Waals surface area contributed by atoms with Gasteiger partial charge in [-0.15, -0.1) is 0 Å². The molecule has 0 aromatic carbocycles. The summed E-state index contributed by atoms with van der Waals surface area (Å²) in [5, 5.41) is -0.284. The van der Waals surface area contributed by atoms with Crippen molar-refractivity contribution in [2.75, 3.05) is 13.7 Å². The summed E-state index contributed by atoms with van der Waals surface area (Å²) >= 11 is 0. The summed E-state index contributed by atoms with van der Waals surface area (Å²) in [5.41, 5.74) is 0. The summed E-state index contributed by atoms with van der Waals surface area (Å²) in [7, 11) is -2.00. The van der Waals surface area contributed by atoms with Gasteiger partial charge in [-0.25, -0.2) is 8.42 Å². The molecule has 5 nitrogen and oxygen atoms in total. The van der Waals surface area contributed by atoms with Crippen molar-refractivity contribution in [3.8, 4) is 0 Å². The summed E-state index contributed by atoms with van der Waals surface area (Å²) in [6.45, 7) is 0.457. The molecule has 2 rings (SSSR count). The molecule has 0 aromatic heterocycles. The van der Waals surface area contributed by atoms with E-state index in [1.807, 2.05) is 0 Å². The Morgan fingerprint density at radius 2 is 1.82 bits per heavy atom. The first-order valence-electron chi connectivity index (χ1n) is 6.16. The zero-order valence-corrected chi connectivity index (χ0v) is 10.9. The van der Waals surface area contributed by atoms with Crippen LogP contribution < -0.4 is 0 Å². The Hall–Kier alpha value is -0.620. The average molecular weight is 261 g/mol. The molecule has 0 bridgehead atoms. The van der Waals surface area contributed by atoms with Gasteiger partial charge in [-0.2, -0.15) is 4.31 Å². The van der Waals surface area contributed by atoms with E-state index < -0.39 is 22.0 Å². The quantitative estimate of drug-likeness (QED) is 0.708. The van der Waals surface area contributed by atoms with E-state index in [2.05, 4.69) is 4.74 Å². The van der Waals surface area contributed by atoms with Crippen LogP contribution in [0.4, 0.5) is 0 Å². The van der Waals surface area contributed by atoms with E-state index in [1.165, 1.54) is 11.4 Å². The van der Waals surface area contributed by atoms with Crippen LogP contribution in [-0.4, -0.2) is 43.6 Å². The minimum absolute atomic E-state index is 0.284. The third kappa shape index (κ3) is 2.33. The highest BCUT2D eigenvalue weighted by Crippen LogP contribution is 2.31. The maximum Gasteiger partial charge on any atom is 0.324 e. The van der Waals surface area contributed by atoms with E-state index in [-0.39, 0.29) is 5.25 Å². The van der Waals surface area contributed by atoms with Gasteiger partial charge in [0.1, 0.15) is 6.04 Å². The van der Waals surface area contributed by atoms with Gasteiger partial charge in [0, 0.05) is 6.54 Å². The Morgan fingerprint density at radius 1 is 1.18 bits per heavy atom. The third-order valence-corrected chi connectivity index (χ3v) is 6.13. The van der Waals surface area contributed by atoms with E-state index in [9.17, 15) is 13.2 Å². The van der Waals surface area contributed by atoms with Crippen molar-refractivity contribution in [1.82, 2.24) is 4.31 Å². The van der Waals surface area contributed by atoms with Gasteiger partial charge in [0.05, 0.1) is 12.4 Å². The molecule has 0 aromatic rings. The summed E-state index contributed by atoms with van der Waals surface area (Å²) in [4.78, 5) is 11.6. The van der Waals surface area contributed by atoms with Crippen LogP contribution >= 0.6 is 0 Å². The first-order chi connectivity index (χ1) is 8.07. The smallest absolute Gasteiger partial charge is 0.324 e. The Kier molecular flexibility index (Phi) is 3.73. The van der Waals surface area contributed by atoms with Gasteiger partial charge >= 0.3 is 5.97 Å². The van der Waals surface area contributed by atoms with Crippen LogP contribution in [0.5, 0.6) is 0 Å². The normalized spacial score (nSPS) is 27.5. The van der Waals surface area contributed by atoms with Gasteiger partial charge in [-0.05, 0) is 25.7 Å². The number of carbonyl (C=O) groups excluding carboxylic acids is 1. The number of hydrogen-bond acceptors (Lipinski definition) is 4. The van der Waals surface area contributed by atoms with Crippen LogP contribution in [0.25, 0.3) is 0 Å². The molecule has 0 N–H and O–H groups in total. The zero-order chi connectivity index (χ0) is 12.5. The maximum absolute atomic E-state index is 12.4. The number of carbonyl (C=O) groups is 1. The van der Waals surface area contributed by atoms with Crippen molar-refractivity contribution >= 4 is 16.0 Å². The Morgan fingerprint density at radius 3 is 2.41 bits per heavy atom. The number of nitrogens with zero attached hydrogens (tertiary/aromatic N) is 1. The Labute approximate surface area is 102 Å². The van der Waals surface area contributed by atoms with Gasteiger partial charge in [-0.1, -0.05) is 12.8 Å². The predicted molar refractivity (Wildman–Crippen MR) is 62.9 cm³/mol. The first-order valence-corrected chi connectivity index (χ1v) is 7.66. The first kappa shape index (κ1) is 12.8. The van der Waals surface area contributed by atoms with Crippen molar-refractivity contribution < 1.29 is 17.9 Å². The SMILES string of the molecule is COC(=O)C1CCCN1S(=O)(=O)C1CCCC1. The lowest BCUT2D eigenvalue weighted by Gasteiger charge is -2.25. The summed E-state index contributed by atoms with van der Waals surface area (Å²) < 4.78 is 30.8. The van der Waals surface area contributed by atoms with Gasteiger partial charge in [0.15, 0.2) is 0 Å². The lowest BCUT2D eigenvalue weighted by Crippen LogP contribution is -2.44. The topological polar surface area (TPSA) is 63.7 Å². The van der Waals surface area contributed by atoms with Gasteiger partial charge in [-0.3, -0.25) is 4.79 Å². The van der Waals surface area contributed by atoms with Crippen molar-refractivity contribution in [3.63, 3.8) is 0 Å². The summed E-state index contributed by atoms with van der Waals surface area (Å²) in [5.74, 6) is -0.427. The second-order valence-electron chi connectivity index (χ2n) is 4.74. The van der Waals surface area contributed by atoms with E-state index in [0.29, 0.717) is 13.0 Å². The molecule has 2 aliphatic rings. The molecule has 6 heteroatoms. The summed E-state index contributed by atoms with van der Waals surface area (Å²) in [6, 6.07) is -0.592. The molecule has 2 fully saturated rings. The van der Waals surface area contributed by atoms with Crippen molar-refractivity contribution in [2.24, 2.45) is 0 Å². The molecular weight excluding hydrogens is 242 g/mol. The monoisotopic (exact) mass is 261 g/mol. The fraction of sp³-hybridized carbons (Fsp3) is 0.909.